The summed E-state index contributed by atoms with van der Waals surface area (Å²) in [5.41, 5.74) is 1.64. The van der Waals surface area contributed by atoms with E-state index >= 15 is 0 Å². The van der Waals surface area contributed by atoms with Gasteiger partial charge in [0, 0.05) is 32.1 Å². The molecule has 2 aromatic rings. The zero-order valence-corrected chi connectivity index (χ0v) is 15.3. The van der Waals surface area contributed by atoms with Crippen molar-refractivity contribution in [3.63, 3.8) is 0 Å². The second kappa shape index (κ2) is 7.28. The van der Waals surface area contributed by atoms with Crippen LogP contribution in [0.1, 0.15) is 22.9 Å². The molecule has 0 saturated carbocycles. The first-order valence-corrected chi connectivity index (χ1v) is 8.91. The molecule has 0 saturated heterocycles. The van der Waals surface area contributed by atoms with Crippen molar-refractivity contribution in [2.45, 2.75) is 18.8 Å². The van der Waals surface area contributed by atoms with Gasteiger partial charge in [0.15, 0.2) is 0 Å². The average molecular weight is 359 g/mol. The third kappa shape index (κ3) is 3.85. The first-order chi connectivity index (χ1) is 12.0. The molecule has 25 heavy (non-hydrogen) atoms. The number of nitrogens with zero attached hydrogens (tertiary/aromatic N) is 4. The van der Waals surface area contributed by atoms with Crippen LogP contribution in [0.15, 0.2) is 24.3 Å². The summed E-state index contributed by atoms with van der Waals surface area (Å²) in [4.78, 5) is 28.6. The molecule has 0 spiro atoms. The van der Waals surface area contributed by atoms with Crippen LogP contribution in [0.4, 0.5) is 10.8 Å². The van der Waals surface area contributed by atoms with Crippen LogP contribution in [0.3, 0.4) is 0 Å². The van der Waals surface area contributed by atoms with Gasteiger partial charge in [-0.1, -0.05) is 29.5 Å². The number of para-hydroxylation sites is 1. The van der Waals surface area contributed by atoms with Gasteiger partial charge in [-0.15, -0.1) is 10.2 Å². The maximum atomic E-state index is 12.7. The number of amides is 2. The minimum atomic E-state index is -0.506. The lowest BCUT2D eigenvalue weighted by Crippen LogP contribution is -2.37. The third-order valence-electron chi connectivity index (χ3n) is 4.21. The van der Waals surface area contributed by atoms with Crippen molar-refractivity contribution < 1.29 is 9.59 Å². The van der Waals surface area contributed by atoms with E-state index in [1.165, 1.54) is 11.3 Å². The number of nitrogens with one attached hydrogen (secondary N) is 1. The second-order valence-electron chi connectivity index (χ2n) is 6.31. The van der Waals surface area contributed by atoms with E-state index in [4.69, 9.17) is 0 Å². The summed E-state index contributed by atoms with van der Waals surface area (Å²) >= 11 is 1.37. The van der Waals surface area contributed by atoms with Gasteiger partial charge < -0.3 is 9.80 Å². The Hall–Kier alpha value is -2.32. The molecule has 0 radical (unpaired) electrons. The monoisotopic (exact) mass is 359 g/mol. The van der Waals surface area contributed by atoms with Gasteiger partial charge in [-0.25, -0.2) is 0 Å². The predicted molar refractivity (Wildman–Crippen MR) is 98.0 cm³/mol. The van der Waals surface area contributed by atoms with E-state index in [0.29, 0.717) is 5.13 Å². The Morgan fingerprint density at radius 3 is 2.88 bits per heavy atom. The minimum Gasteiger partial charge on any atom is -0.315 e. The van der Waals surface area contributed by atoms with Gasteiger partial charge in [0.05, 0.1) is 5.92 Å². The molecule has 0 fully saturated rings. The van der Waals surface area contributed by atoms with Gasteiger partial charge in [0.2, 0.25) is 16.9 Å². The number of benzene rings is 1. The Labute approximate surface area is 150 Å². The predicted octanol–water partition coefficient (Wildman–Crippen LogP) is 1.73. The van der Waals surface area contributed by atoms with Gasteiger partial charge in [-0.05, 0) is 25.7 Å². The molecule has 1 aliphatic heterocycles. The smallest absolute Gasteiger partial charge is 0.234 e. The zero-order chi connectivity index (χ0) is 18.0. The molecule has 2 heterocycles. The van der Waals surface area contributed by atoms with E-state index in [0.717, 1.165) is 29.2 Å². The van der Waals surface area contributed by atoms with E-state index < -0.39 is 5.92 Å². The highest BCUT2D eigenvalue weighted by Gasteiger charge is 2.33. The highest BCUT2D eigenvalue weighted by molar-refractivity contribution is 7.15. The summed E-state index contributed by atoms with van der Waals surface area (Å²) in [7, 11) is 5.73. The fraction of sp³-hybridized carbons (Fsp3) is 0.412. The number of aromatic nitrogens is 2. The summed E-state index contributed by atoms with van der Waals surface area (Å²) in [6.07, 6.45) is 0.946. The Bertz CT molecular complexity index is 789. The molecule has 1 aromatic heterocycles. The summed E-state index contributed by atoms with van der Waals surface area (Å²) in [5, 5.41) is 12.3. The van der Waals surface area contributed by atoms with E-state index in [1.54, 1.807) is 11.9 Å². The average Bonchev–Trinajstić information content (AvgIpc) is 3.03. The molecule has 1 N–H and O–H groups in total. The van der Waals surface area contributed by atoms with Crippen molar-refractivity contribution >= 4 is 34.0 Å². The van der Waals surface area contributed by atoms with E-state index in [-0.39, 0.29) is 18.2 Å². The molecule has 1 aliphatic rings. The molecular formula is C17H21N5O2S. The van der Waals surface area contributed by atoms with Crippen molar-refractivity contribution in [2.75, 3.05) is 37.9 Å². The van der Waals surface area contributed by atoms with Crippen LogP contribution in [-0.4, -0.2) is 54.6 Å². The van der Waals surface area contributed by atoms with E-state index in [9.17, 15) is 9.59 Å². The van der Waals surface area contributed by atoms with Crippen LogP contribution in [0, 0.1) is 0 Å². The lowest BCUT2D eigenvalue weighted by atomic mass is 9.89. The van der Waals surface area contributed by atoms with Crippen molar-refractivity contribution in [2.24, 2.45) is 0 Å². The third-order valence-corrected chi connectivity index (χ3v) is 5.11. The molecular weight excluding hydrogens is 338 g/mol. The number of fused-ring (bicyclic) bond motifs is 1. The molecule has 1 atom stereocenters. The van der Waals surface area contributed by atoms with Crippen LogP contribution >= 0.6 is 11.3 Å². The van der Waals surface area contributed by atoms with Gasteiger partial charge >= 0.3 is 0 Å². The van der Waals surface area contributed by atoms with Crippen molar-refractivity contribution in [1.82, 2.24) is 15.1 Å². The number of likely N-dealkylation sites (N-methyl/N-ethyl adjacent to an activating group) is 1. The zero-order valence-electron chi connectivity index (χ0n) is 14.5. The van der Waals surface area contributed by atoms with Crippen LogP contribution in [0.2, 0.25) is 0 Å². The maximum absolute atomic E-state index is 12.7. The number of carbonyl (C=O) groups is 2. The molecule has 7 nitrogen and oxygen atoms in total. The normalized spacial score (nSPS) is 16.9. The Kier molecular flexibility index (Phi) is 5.10. The Balaban J connectivity index is 1.73. The van der Waals surface area contributed by atoms with Crippen LogP contribution in [0.5, 0.6) is 0 Å². The van der Waals surface area contributed by atoms with Crippen molar-refractivity contribution in [1.29, 1.82) is 0 Å². The summed E-state index contributed by atoms with van der Waals surface area (Å²) in [6, 6.07) is 7.50. The Morgan fingerprint density at radius 2 is 2.12 bits per heavy atom. The second-order valence-corrected chi connectivity index (χ2v) is 7.37. The van der Waals surface area contributed by atoms with E-state index in [1.807, 2.05) is 38.4 Å². The highest BCUT2D eigenvalue weighted by atomic mass is 32.1. The molecule has 0 bridgehead atoms. The fourth-order valence-electron chi connectivity index (χ4n) is 2.79. The van der Waals surface area contributed by atoms with Crippen LogP contribution < -0.4 is 10.2 Å². The van der Waals surface area contributed by atoms with Crippen molar-refractivity contribution in [3.8, 4) is 0 Å². The fourth-order valence-corrected chi connectivity index (χ4v) is 3.53. The molecule has 3 rings (SSSR count). The topological polar surface area (TPSA) is 78.4 Å². The van der Waals surface area contributed by atoms with Crippen LogP contribution in [-0.2, 0) is 16.0 Å². The quantitative estimate of drug-likeness (QED) is 0.880. The molecule has 132 valence electrons. The summed E-state index contributed by atoms with van der Waals surface area (Å²) in [5.74, 6) is -0.791. The number of anilines is 2. The van der Waals surface area contributed by atoms with Gasteiger partial charge in [0.25, 0.3) is 0 Å². The van der Waals surface area contributed by atoms with E-state index in [2.05, 4.69) is 20.4 Å². The molecule has 0 aliphatic carbocycles. The lowest BCUT2D eigenvalue weighted by molar-refractivity contribution is -0.124. The number of rotatable bonds is 5. The number of carbonyl (C=O) groups excluding carboxylic acids is 2. The largest absolute Gasteiger partial charge is 0.315 e. The summed E-state index contributed by atoms with van der Waals surface area (Å²) < 4.78 is 0. The van der Waals surface area contributed by atoms with Gasteiger partial charge in [0.1, 0.15) is 5.01 Å². The number of hydrogen-bond acceptors (Lipinski definition) is 6. The lowest BCUT2D eigenvalue weighted by Gasteiger charge is -2.30. The molecule has 2 amide bonds. The first-order valence-electron chi connectivity index (χ1n) is 8.09. The standard InChI is InChI=1S/C17H21N5O2S/c1-21(2)9-8-14-19-20-17(25-14)18-16(24)12-10-15(23)22(3)13-7-5-4-6-11(12)13/h4-7,12H,8-10H2,1-3H3,(H,18,20,24). The molecule has 8 heteroatoms. The summed E-state index contributed by atoms with van der Waals surface area (Å²) in [6.45, 7) is 0.874. The number of hydrogen-bond donors (Lipinski definition) is 1. The maximum Gasteiger partial charge on any atom is 0.234 e. The molecule has 1 unspecified atom stereocenters. The first kappa shape index (κ1) is 17.5. The van der Waals surface area contributed by atoms with Crippen molar-refractivity contribution in [3.05, 3.63) is 34.8 Å². The molecule has 1 aromatic carbocycles. The Morgan fingerprint density at radius 1 is 1.36 bits per heavy atom. The highest BCUT2D eigenvalue weighted by Crippen LogP contribution is 2.35. The minimum absolute atomic E-state index is 0.0669. The van der Waals surface area contributed by atoms with Gasteiger partial charge in [-0.2, -0.15) is 0 Å². The van der Waals surface area contributed by atoms with Crippen LogP contribution in [0.25, 0.3) is 0 Å². The SMILES string of the molecule is CN(C)CCc1nnc(NC(=O)C2CC(=O)N(C)c3ccccc32)s1. The van der Waals surface area contributed by atoms with Gasteiger partial charge in [-0.3, -0.25) is 14.9 Å².